The lowest BCUT2D eigenvalue weighted by molar-refractivity contribution is -0.160. The van der Waals surface area contributed by atoms with Crippen molar-refractivity contribution in [2.24, 2.45) is 11.8 Å². The van der Waals surface area contributed by atoms with Gasteiger partial charge in [-0.3, -0.25) is 4.79 Å². The molecule has 1 saturated carbocycles. The number of carbonyl (C=O) groups excluding carboxylic acids is 1. The zero-order valence-electron chi connectivity index (χ0n) is 8.29. The number of amides is 1. The molecular weight excluding hydrogens is 166 g/mol. The number of β-amino-alcohol motifs (C(OH)–C–C–N with tert-alkyl or cyclic N) is 1. The molecule has 0 aromatic carbocycles. The quantitative estimate of drug-likeness (QED) is 0.647. The summed E-state index contributed by atoms with van der Waals surface area (Å²) in [5, 5.41) is 9.46. The molecule has 0 spiro atoms. The van der Waals surface area contributed by atoms with Crippen LogP contribution in [0.1, 0.15) is 26.7 Å². The first-order valence-electron chi connectivity index (χ1n) is 4.99. The molecule has 3 nitrogen and oxygen atoms in total. The first-order chi connectivity index (χ1) is 5.98. The number of carbonyl (C=O) groups is 1. The molecule has 1 amide bonds. The van der Waals surface area contributed by atoms with Gasteiger partial charge in [-0.05, 0) is 25.7 Å². The van der Waals surface area contributed by atoms with Crippen molar-refractivity contribution in [3.05, 3.63) is 0 Å². The summed E-state index contributed by atoms with van der Waals surface area (Å²) < 4.78 is 0. The van der Waals surface area contributed by atoms with Crippen LogP contribution in [0.15, 0.2) is 0 Å². The first-order valence-corrected chi connectivity index (χ1v) is 4.99. The van der Waals surface area contributed by atoms with Crippen molar-refractivity contribution in [1.29, 1.82) is 0 Å². The highest BCUT2D eigenvalue weighted by atomic mass is 16.3. The average molecular weight is 183 g/mol. The van der Waals surface area contributed by atoms with Gasteiger partial charge in [0.05, 0.1) is 18.7 Å². The normalized spacial score (nSPS) is 36.4. The van der Waals surface area contributed by atoms with Gasteiger partial charge in [-0.2, -0.15) is 0 Å². The Balaban J connectivity index is 1.80. The number of hydrogen-bond donors (Lipinski definition) is 1. The fourth-order valence-corrected chi connectivity index (χ4v) is 2.29. The summed E-state index contributed by atoms with van der Waals surface area (Å²) in [4.78, 5) is 13.4. The molecular formula is C10H17NO2. The smallest absolute Gasteiger partial charge is 0.225 e. The SMILES string of the molecule is CC1CC(C(=O)N2CC(C)(O)C2)C1. The van der Waals surface area contributed by atoms with E-state index < -0.39 is 5.60 Å². The molecule has 2 fully saturated rings. The van der Waals surface area contributed by atoms with Crippen molar-refractivity contribution in [1.82, 2.24) is 4.90 Å². The molecule has 74 valence electrons. The summed E-state index contributed by atoms with van der Waals surface area (Å²) in [5.74, 6) is 1.23. The molecule has 0 bridgehead atoms. The van der Waals surface area contributed by atoms with Gasteiger partial charge in [0.15, 0.2) is 0 Å². The summed E-state index contributed by atoms with van der Waals surface area (Å²) in [5.41, 5.74) is -0.620. The van der Waals surface area contributed by atoms with Crippen LogP contribution in [0.5, 0.6) is 0 Å². The Kier molecular flexibility index (Phi) is 1.88. The Morgan fingerprint density at radius 1 is 1.46 bits per heavy atom. The number of nitrogens with zero attached hydrogens (tertiary/aromatic N) is 1. The molecule has 0 aromatic rings. The molecule has 2 aliphatic rings. The van der Waals surface area contributed by atoms with Crippen molar-refractivity contribution in [2.75, 3.05) is 13.1 Å². The standard InChI is InChI=1S/C10H17NO2/c1-7-3-8(4-7)9(12)11-5-10(2,13)6-11/h7-8,13H,3-6H2,1-2H3. The van der Waals surface area contributed by atoms with Crippen molar-refractivity contribution in [2.45, 2.75) is 32.3 Å². The second-order valence-electron chi connectivity index (χ2n) is 4.96. The van der Waals surface area contributed by atoms with E-state index in [1.165, 1.54) is 0 Å². The van der Waals surface area contributed by atoms with Crippen LogP contribution >= 0.6 is 0 Å². The number of aliphatic hydroxyl groups is 1. The minimum absolute atomic E-state index is 0.254. The van der Waals surface area contributed by atoms with Gasteiger partial charge in [0.25, 0.3) is 0 Å². The molecule has 0 radical (unpaired) electrons. The Morgan fingerprint density at radius 2 is 2.00 bits per heavy atom. The van der Waals surface area contributed by atoms with Gasteiger partial charge in [0.2, 0.25) is 5.91 Å². The fraction of sp³-hybridized carbons (Fsp3) is 0.900. The largest absolute Gasteiger partial charge is 0.386 e. The van der Waals surface area contributed by atoms with Crippen LogP contribution in [0.3, 0.4) is 0 Å². The highest BCUT2D eigenvalue weighted by Crippen LogP contribution is 2.36. The lowest BCUT2D eigenvalue weighted by Crippen LogP contribution is -2.63. The van der Waals surface area contributed by atoms with E-state index >= 15 is 0 Å². The second-order valence-corrected chi connectivity index (χ2v) is 4.96. The summed E-state index contributed by atoms with van der Waals surface area (Å²) in [7, 11) is 0. The van der Waals surface area contributed by atoms with E-state index in [0.29, 0.717) is 13.1 Å². The van der Waals surface area contributed by atoms with Gasteiger partial charge < -0.3 is 10.0 Å². The van der Waals surface area contributed by atoms with E-state index in [2.05, 4.69) is 6.92 Å². The zero-order valence-corrected chi connectivity index (χ0v) is 8.29. The van der Waals surface area contributed by atoms with Crippen LogP contribution in [0, 0.1) is 11.8 Å². The molecule has 1 N–H and O–H groups in total. The maximum atomic E-state index is 11.7. The minimum Gasteiger partial charge on any atom is -0.386 e. The summed E-state index contributed by atoms with van der Waals surface area (Å²) in [6.07, 6.45) is 2.08. The van der Waals surface area contributed by atoms with E-state index in [1.54, 1.807) is 11.8 Å². The number of likely N-dealkylation sites (tertiary alicyclic amines) is 1. The molecule has 1 saturated heterocycles. The third kappa shape index (κ3) is 1.57. The molecule has 2 rings (SSSR count). The first kappa shape index (κ1) is 9.00. The summed E-state index contributed by atoms with van der Waals surface area (Å²) in [6, 6.07) is 0. The van der Waals surface area contributed by atoms with E-state index in [1.807, 2.05) is 0 Å². The maximum absolute atomic E-state index is 11.7. The van der Waals surface area contributed by atoms with Gasteiger partial charge in [-0.25, -0.2) is 0 Å². The average Bonchev–Trinajstić information content (AvgIpc) is 1.92. The van der Waals surface area contributed by atoms with E-state index in [9.17, 15) is 9.90 Å². The van der Waals surface area contributed by atoms with Crippen molar-refractivity contribution >= 4 is 5.91 Å². The lowest BCUT2D eigenvalue weighted by atomic mass is 9.74. The number of hydrogen-bond acceptors (Lipinski definition) is 2. The Bertz CT molecular complexity index is 223. The van der Waals surface area contributed by atoms with Gasteiger partial charge in [0.1, 0.15) is 0 Å². The van der Waals surface area contributed by atoms with Gasteiger partial charge in [-0.1, -0.05) is 6.92 Å². The fourth-order valence-electron chi connectivity index (χ4n) is 2.29. The van der Waals surface area contributed by atoms with E-state index in [0.717, 1.165) is 18.8 Å². The Hall–Kier alpha value is -0.570. The van der Waals surface area contributed by atoms with Gasteiger partial charge in [0, 0.05) is 5.92 Å². The van der Waals surface area contributed by atoms with Crippen LogP contribution < -0.4 is 0 Å². The zero-order chi connectivity index (χ0) is 9.64. The molecule has 13 heavy (non-hydrogen) atoms. The predicted molar refractivity (Wildman–Crippen MR) is 49.1 cm³/mol. The highest BCUT2D eigenvalue weighted by Gasteiger charge is 2.43. The predicted octanol–water partition coefficient (Wildman–Crippen LogP) is 0.626. The van der Waals surface area contributed by atoms with Gasteiger partial charge in [-0.15, -0.1) is 0 Å². The molecule has 0 unspecified atom stereocenters. The van der Waals surface area contributed by atoms with Crippen LogP contribution in [0.25, 0.3) is 0 Å². The minimum atomic E-state index is -0.620. The summed E-state index contributed by atoms with van der Waals surface area (Å²) >= 11 is 0. The van der Waals surface area contributed by atoms with Crippen LogP contribution in [0.2, 0.25) is 0 Å². The third-order valence-electron chi connectivity index (χ3n) is 3.10. The molecule has 1 heterocycles. The van der Waals surface area contributed by atoms with E-state index in [-0.39, 0.29) is 11.8 Å². The number of rotatable bonds is 1. The van der Waals surface area contributed by atoms with E-state index in [4.69, 9.17) is 0 Å². The second kappa shape index (κ2) is 2.71. The van der Waals surface area contributed by atoms with Gasteiger partial charge >= 0.3 is 0 Å². The van der Waals surface area contributed by atoms with Crippen molar-refractivity contribution in [3.8, 4) is 0 Å². The maximum Gasteiger partial charge on any atom is 0.225 e. The monoisotopic (exact) mass is 183 g/mol. The molecule has 1 aliphatic carbocycles. The summed E-state index contributed by atoms with van der Waals surface area (Å²) in [6.45, 7) is 5.00. The Labute approximate surface area is 78.7 Å². The van der Waals surface area contributed by atoms with Crippen LogP contribution in [-0.2, 0) is 4.79 Å². The lowest BCUT2D eigenvalue weighted by Gasteiger charge is -2.47. The Morgan fingerprint density at radius 3 is 2.38 bits per heavy atom. The molecule has 0 atom stereocenters. The van der Waals surface area contributed by atoms with Crippen molar-refractivity contribution < 1.29 is 9.90 Å². The molecule has 0 aromatic heterocycles. The highest BCUT2D eigenvalue weighted by molar-refractivity contribution is 5.80. The molecule has 3 heteroatoms. The van der Waals surface area contributed by atoms with Crippen LogP contribution in [0.4, 0.5) is 0 Å². The van der Waals surface area contributed by atoms with Crippen LogP contribution in [-0.4, -0.2) is 34.6 Å². The third-order valence-corrected chi connectivity index (χ3v) is 3.10. The topological polar surface area (TPSA) is 40.5 Å². The van der Waals surface area contributed by atoms with Crippen molar-refractivity contribution in [3.63, 3.8) is 0 Å². The molecule has 1 aliphatic heterocycles.